The SMILES string of the molecule is CCOc1ccc(C2CCCN2C(=O)CN2CCC(N)C(C)(C)C2)cc1.Cl. The van der Waals surface area contributed by atoms with Crippen molar-refractivity contribution in [2.24, 2.45) is 11.1 Å². The Hall–Kier alpha value is -1.30. The zero-order valence-corrected chi connectivity index (χ0v) is 17.6. The first kappa shape index (κ1) is 22.0. The summed E-state index contributed by atoms with van der Waals surface area (Å²) in [5.74, 6) is 1.13. The lowest BCUT2D eigenvalue weighted by Crippen LogP contribution is -2.54. The summed E-state index contributed by atoms with van der Waals surface area (Å²) in [7, 11) is 0. The predicted octanol–water partition coefficient (Wildman–Crippen LogP) is 3.23. The van der Waals surface area contributed by atoms with Gasteiger partial charge in [-0.3, -0.25) is 9.69 Å². The Morgan fingerprint density at radius 2 is 1.93 bits per heavy atom. The number of benzene rings is 1. The molecule has 1 aromatic rings. The highest BCUT2D eigenvalue weighted by Crippen LogP contribution is 2.33. The first-order chi connectivity index (χ1) is 12.4. The zero-order valence-electron chi connectivity index (χ0n) is 16.8. The molecular weight excluding hydrogens is 362 g/mol. The normalized spacial score (nSPS) is 25.1. The number of hydrogen-bond acceptors (Lipinski definition) is 4. The summed E-state index contributed by atoms with van der Waals surface area (Å²) in [6, 6.07) is 8.63. The molecule has 2 saturated heterocycles. The molecule has 5 nitrogen and oxygen atoms in total. The molecule has 0 spiro atoms. The molecule has 0 aromatic heterocycles. The molecule has 152 valence electrons. The third kappa shape index (κ3) is 5.15. The van der Waals surface area contributed by atoms with E-state index >= 15 is 0 Å². The molecule has 2 fully saturated rings. The van der Waals surface area contributed by atoms with E-state index in [0.717, 1.165) is 44.6 Å². The van der Waals surface area contributed by atoms with Gasteiger partial charge in [0.05, 0.1) is 19.2 Å². The molecule has 2 atom stereocenters. The minimum absolute atomic E-state index is 0. The van der Waals surface area contributed by atoms with Crippen LogP contribution in [0.1, 0.15) is 51.6 Å². The lowest BCUT2D eigenvalue weighted by atomic mass is 9.80. The molecule has 0 saturated carbocycles. The number of piperidine rings is 1. The van der Waals surface area contributed by atoms with Crippen molar-refractivity contribution in [3.05, 3.63) is 29.8 Å². The molecule has 0 radical (unpaired) electrons. The number of ether oxygens (including phenoxy) is 1. The largest absolute Gasteiger partial charge is 0.494 e. The van der Waals surface area contributed by atoms with Crippen LogP contribution in [0.3, 0.4) is 0 Å². The number of nitrogens with zero attached hydrogens (tertiary/aromatic N) is 2. The van der Waals surface area contributed by atoms with Gasteiger partial charge in [0, 0.05) is 25.7 Å². The molecule has 2 N–H and O–H groups in total. The van der Waals surface area contributed by atoms with Crippen molar-refractivity contribution < 1.29 is 9.53 Å². The molecule has 27 heavy (non-hydrogen) atoms. The molecular formula is C21H34ClN3O2. The maximum absolute atomic E-state index is 13.0. The lowest BCUT2D eigenvalue weighted by Gasteiger charge is -2.42. The highest BCUT2D eigenvalue weighted by Gasteiger charge is 2.36. The van der Waals surface area contributed by atoms with E-state index in [-0.39, 0.29) is 35.8 Å². The van der Waals surface area contributed by atoms with Gasteiger partial charge in [0.25, 0.3) is 0 Å². The molecule has 2 aliphatic rings. The molecule has 2 heterocycles. The lowest BCUT2D eigenvalue weighted by molar-refractivity contribution is -0.134. The van der Waals surface area contributed by atoms with Crippen molar-refractivity contribution in [1.29, 1.82) is 0 Å². The van der Waals surface area contributed by atoms with E-state index in [4.69, 9.17) is 10.5 Å². The standard InChI is InChI=1S/C21H33N3O2.ClH/c1-4-26-17-9-7-16(8-10-17)18-6-5-12-24(18)20(25)14-23-13-11-19(22)21(2,3)15-23;/h7-10,18-19H,4-6,11-15,22H2,1-3H3;1H. The minimum atomic E-state index is 0. The van der Waals surface area contributed by atoms with E-state index in [9.17, 15) is 4.79 Å². The van der Waals surface area contributed by atoms with Crippen molar-refractivity contribution in [3.8, 4) is 5.75 Å². The van der Waals surface area contributed by atoms with Gasteiger partial charge in [0.15, 0.2) is 0 Å². The number of amides is 1. The molecule has 2 unspecified atom stereocenters. The molecule has 0 bridgehead atoms. The average Bonchev–Trinajstić information content (AvgIpc) is 3.09. The zero-order chi connectivity index (χ0) is 18.7. The Balaban J connectivity index is 0.00000261. The molecule has 2 aliphatic heterocycles. The summed E-state index contributed by atoms with van der Waals surface area (Å²) in [6.45, 7) is 10.2. The number of carbonyl (C=O) groups is 1. The van der Waals surface area contributed by atoms with E-state index in [1.807, 2.05) is 19.1 Å². The van der Waals surface area contributed by atoms with Gasteiger partial charge in [-0.15, -0.1) is 12.4 Å². The van der Waals surface area contributed by atoms with Crippen LogP contribution in [0.5, 0.6) is 5.75 Å². The second-order valence-corrected chi connectivity index (χ2v) is 8.34. The van der Waals surface area contributed by atoms with Crippen molar-refractivity contribution in [2.75, 3.05) is 32.8 Å². The quantitative estimate of drug-likeness (QED) is 0.831. The maximum atomic E-state index is 13.0. The van der Waals surface area contributed by atoms with Gasteiger partial charge < -0.3 is 15.4 Å². The summed E-state index contributed by atoms with van der Waals surface area (Å²) in [6.07, 6.45) is 3.07. The van der Waals surface area contributed by atoms with Crippen molar-refractivity contribution in [1.82, 2.24) is 9.80 Å². The van der Waals surface area contributed by atoms with E-state index in [2.05, 4.69) is 35.8 Å². The van der Waals surface area contributed by atoms with Crippen molar-refractivity contribution in [3.63, 3.8) is 0 Å². The van der Waals surface area contributed by atoms with Gasteiger partial charge in [0.2, 0.25) is 5.91 Å². The van der Waals surface area contributed by atoms with Crippen LogP contribution < -0.4 is 10.5 Å². The topological polar surface area (TPSA) is 58.8 Å². The van der Waals surface area contributed by atoms with Crippen LogP contribution in [0, 0.1) is 5.41 Å². The van der Waals surface area contributed by atoms with Crippen LogP contribution in [0.15, 0.2) is 24.3 Å². The number of halogens is 1. The number of hydrogen-bond donors (Lipinski definition) is 1. The number of carbonyl (C=O) groups excluding carboxylic acids is 1. The summed E-state index contributed by atoms with van der Waals surface area (Å²) < 4.78 is 5.53. The van der Waals surface area contributed by atoms with Gasteiger partial charge in [-0.25, -0.2) is 0 Å². The van der Waals surface area contributed by atoms with Crippen LogP contribution in [0.25, 0.3) is 0 Å². The highest BCUT2D eigenvalue weighted by atomic mass is 35.5. The molecule has 6 heteroatoms. The average molecular weight is 396 g/mol. The fourth-order valence-corrected chi connectivity index (χ4v) is 4.27. The highest BCUT2D eigenvalue weighted by molar-refractivity contribution is 5.85. The van der Waals surface area contributed by atoms with Gasteiger partial charge in [-0.1, -0.05) is 26.0 Å². The van der Waals surface area contributed by atoms with E-state index in [0.29, 0.717) is 13.2 Å². The first-order valence-electron chi connectivity index (χ1n) is 9.91. The Morgan fingerprint density at radius 3 is 2.56 bits per heavy atom. The van der Waals surface area contributed by atoms with Crippen LogP contribution >= 0.6 is 12.4 Å². The fourth-order valence-electron chi connectivity index (χ4n) is 4.27. The Kier molecular flexibility index (Phi) is 7.55. The molecule has 3 rings (SSSR count). The third-order valence-corrected chi connectivity index (χ3v) is 5.90. The maximum Gasteiger partial charge on any atom is 0.237 e. The smallest absolute Gasteiger partial charge is 0.237 e. The Bertz CT molecular complexity index is 620. The summed E-state index contributed by atoms with van der Waals surface area (Å²) >= 11 is 0. The molecule has 1 amide bonds. The van der Waals surface area contributed by atoms with Gasteiger partial charge in [-0.2, -0.15) is 0 Å². The molecule has 1 aromatic carbocycles. The van der Waals surface area contributed by atoms with Crippen LogP contribution in [-0.4, -0.2) is 54.5 Å². The van der Waals surface area contributed by atoms with Gasteiger partial charge in [0.1, 0.15) is 5.75 Å². The fraction of sp³-hybridized carbons (Fsp3) is 0.667. The predicted molar refractivity (Wildman–Crippen MR) is 111 cm³/mol. The van der Waals surface area contributed by atoms with Gasteiger partial charge in [-0.05, 0) is 49.3 Å². The monoisotopic (exact) mass is 395 g/mol. The Labute approximate surface area is 169 Å². The minimum Gasteiger partial charge on any atom is -0.494 e. The second kappa shape index (κ2) is 9.26. The summed E-state index contributed by atoms with van der Waals surface area (Å²) in [4.78, 5) is 17.3. The van der Waals surface area contributed by atoms with Crippen LogP contribution in [0.4, 0.5) is 0 Å². The summed E-state index contributed by atoms with van der Waals surface area (Å²) in [5.41, 5.74) is 7.50. The summed E-state index contributed by atoms with van der Waals surface area (Å²) in [5, 5.41) is 0. The van der Waals surface area contributed by atoms with Crippen molar-refractivity contribution >= 4 is 18.3 Å². The van der Waals surface area contributed by atoms with Crippen LogP contribution in [-0.2, 0) is 4.79 Å². The molecule has 0 aliphatic carbocycles. The first-order valence-corrected chi connectivity index (χ1v) is 9.91. The van der Waals surface area contributed by atoms with E-state index in [1.54, 1.807) is 0 Å². The van der Waals surface area contributed by atoms with E-state index in [1.165, 1.54) is 5.56 Å². The number of nitrogens with two attached hydrogens (primary N) is 1. The van der Waals surface area contributed by atoms with Gasteiger partial charge >= 0.3 is 0 Å². The second-order valence-electron chi connectivity index (χ2n) is 8.34. The number of likely N-dealkylation sites (tertiary alicyclic amines) is 2. The van der Waals surface area contributed by atoms with Crippen molar-refractivity contribution in [2.45, 2.75) is 52.1 Å². The van der Waals surface area contributed by atoms with Crippen LogP contribution in [0.2, 0.25) is 0 Å². The number of rotatable bonds is 5. The Morgan fingerprint density at radius 1 is 1.22 bits per heavy atom. The van der Waals surface area contributed by atoms with E-state index < -0.39 is 0 Å². The third-order valence-electron chi connectivity index (χ3n) is 5.90.